The van der Waals surface area contributed by atoms with E-state index < -0.39 is 11.2 Å². The third kappa shape index (κ3) is 3.31. The summed E-state index contributed by atoms with van der Waals surface area (Å²) in [6.45, 7) is 4.42. The first-order chi connectivity index (χ1) is 8.90. The van der Waals surface area contributed by atoms with Crippen LogP contribution in [0, 0.1) is 11.6 Å². The quantitative estimate of drug-likeness (QED) is 0.881. The van der Waals surface area contributed by atoms with Gasteiger partial charge in [-0.3, -0.25) is 0 Å². The Morgan fingerprint density at radius 2 is 2.05 bits per heavy atom. The summed E-state index contributed by atoms with van der Waals surface area (Å²) in [7, 11) is 0. The minimum Gasteiger partial charge on any atom is -0.326 e. The first-order valence-electron chi connectivity index (χ1n) is 6.84. The highest BCUT2D eigenvalue weighted by Crippen LogP contribution is 2.27. The maximum absolute atomic E-state index is 13.8. The van der Waals surface area contributed by atoms with Crippen molar-refractivity contribution in [3.05, 3.63) is 35.4 Å². The summed E-state index contributed by atoms with van der Waals surface area (Å²) in [5.41, 5.74) is 5.95. The second kappa shape index (κ2) is 5.55. The smallest absolute Gasteiger partial charge is 0.127 e. The Morgan fingerprint density at radius 1 is 1.32 bits per heavy atom. The van der Waals surface area contributed by atoms with Gasteiger partial charge in [0.15, 0.2) is 0 Å². The van der Waals surface area contributed by atoms with Gasteiger partial charge in [-0.1, -0.05) is 20.3 Å². The van der Waals surface area contributed by atoms with Crippen LogP contribution in [-0.2, 0) is 5.41 Å². The molecule has 0 spiro atoms. The highest BCUT2D eigenvalue weighted by atomic mass is 19.1. The van der Waals surface area contributed by atoms with E-state index in [4.69, 9.17) is 5.73 Å². The topological polar surface area (TPSA) is 38.0 Å². The molecular formula is C15H22F2N2. The molecule has 1 aliphatic rings. The van der Waals surface area contributed by atoms with Crippen molar-refractivity contribution in [2.45, 2.75) is 50.6 Å². The zero-order valence-electron chi connectivity index (χ0n) is 11.5. The molecule has 2 atom stereocenters. The highest BCUT2D eigenvalue weighted by molar-refractivity contribution is 5.27. The van der Waals surface area contributed by atoms with E-state index in [-0.39, 0.29) is 17.9 Å². The lowest BCUT2D eigenvalue weighted by Gasteiger charge is -2.29. The standard InChI is InChI=1S/C15H22F2N2/c1-15(2,9-19-14-5-3-4-13(14)18)11-8-10(16)6-7-12(11)17/h6-8,13-14,19H,3-5,9,18H2,1-2H3. The summed E-state index contributed by atoms with van der Waals surface area (Å²) >= 11 is 0. The molecule has 0 aliphatic heterocycles. The zero-order valence-corrected chi connectivity index (χ0v) is 11.5. The van der Waals surface area contributed by atoms with Crippen LogP contribution in [0.25, 0.3) is 0 Å². The Hall–Kier alpha value is -1.00. The Morgan fingerprint density at radius 3 is 2.68 bits per heavy atom. The lowest BCUT2D eigenvalue weighted by molar-refractivity contribution is 0.388. The van der Waals surface area contributed by atoms with Gasteiger partial charge in [0.2, 0.25) is 0 Å². The molecular weight excluding hydrogens is 246 g/mol. The van der Waals surface area contributed by atoms with Crippen LogP contribution in [0.3, 0.4) is 0 Å². The van der Waals surface area contributed by atoms with Crippen molar-refractivity contribution >= 4 is 0 Å². The maximum Gasteiger partial charge on any atom is 0.127 e. The Bertz CT molecular complexity index is 446. The Kier molecular flexibility index (Phi) is 4.21. The highest BCUT2D eigenvalue weighted by Gasteiger charge is 2.29. The second-order valence-corrected chi connectivity index (χ2v) is 6.09. The summed E-state index contributed by atoms with van der Waals surface area (Å²) in [5.74, 6) is -0.758. The molecule has 1 aromatic rings. The van der Waals surface area contributed by atoms with Gasteiger partial charge < -0.3 is 11.1 Å². The van der Waals surface area contributed by atoms with Crippen molar-refractivity contribution in [3.63, 3.8) is 0 Å². The average Bonchev–Trinajstić information content (AvgIpc) is 2.75. The number of rotatable bonds is 4. The van der Waals surface area contributed by atoms with E-state index in [1.807, 2.05) is 13.8 Å². The fourth-order valence-electron chi connectivity index (χ4n) is 2.74. The number of halogens is 2. The molecule has 3 N–H and O–H groups in total. The van der Waals surface area contributed by atoms with Gasteiger partial charge >= 0.3 is 0 Å². The van der Waals surface area contributed by atoms with E-state index in [2.05, 4.69) is 5.32 Å². The average molecular weight is 268 g/mol. The zero-order chi connectivity index (χ0) is 14.0. The first kappa shape index (κ1) is 14.4. The molecule has 2 unspecified atom stereocenters. The second-order valence-electron chi connectivity index (χ2n) is 6.09. The van der Waals surface area contributed by atoms with Crippen LogP contribution in [0.1, 0.15) is 38.7 Å². The van der Waals surface area contributed by atoms with Crippen molar-refractivity contribution in [2.24, 2.45) is 5.73 Å². The molecule has 0 saturated heterocycles. The molecule has 0 amide bonds. The molecule has 0 radical (unpaired) electrons. The number of benzene rings is 1. The van der Waals surface area contributed by atoms with Gasteiger partial charge in [0.1, 0.15) is 11.6 Å². The Labute approximate surface area is 113 Å². The van der Waals surface area contributed by atoms with Crippen LogP contribution in [0.2, 0.25) is 0 Å². The Balaban J connectivity index is 2.06. The molecule has 1 aliphatic carbocycles. The van der Waals surface area contributed by atoms with Crippen LogP contribution in [0.5, 0.6) is 0 Å². The van der Waals surface area contributed by atoms with Crippen molar-refractivity contribution in [3.8, 4) is 0 Å². The third-order valence-electron chi connectivity index (χ3n) is 4.03. The summed E-state index contributed by atoms with van der Waals surface area (Å²) in [5, 5.41) is 3.40. The predicted molar refractivity (Wildman–Crippen MR) is 73.0 cm³/mol. The van der Waals surface area contributed by atoms with Crippen LogP contribution < -0.4 is 11.1 Å². The number of nitrogens with two attached hydrogens (primary N) is 1. The molecule has 1 saturated carbocycles. The van der Waals surface area contributed by atoms with E-state index in [9.17, 15) is 8.78 Å². The molecule has 1 fully saturated rings. The number of nitrogens with one attached hydrogen (secondary N) is 1. The monoisotopic (exact) mass is 268 g/mol. The first-order valence-corrected chi connectivity index (χ1v) is 6.84. The van der Waals surface area contributed by atoms with Crippen LogP contribution in [0.4, 0.5) is 8.78 Å². The maximum atomic E-state index is 13.8. The van der Waals surface area contributed by atoms with Crippen molar-refractivity contribution < 1.29 is 8.78 Å². The molecule has 19 heavy (non-hydrogen) atoms. The molecule has 106 valence electrons. The van der Waals surface area contributed by atoms with E-state index >= 15 is 0 Å². The van der Waals surface area contributed by atoms with Crippen LogP contribution in [-0.4, -0.2) is 18.6 Å². The third-order valence-corrected chi connectivity index (χ3v) is 4.03. The molecule has 0 bridgehead atoms. The van der Waals surface area contributed by atoms with E-state index in [0.29, 0.717) is 12.1 Å². The van der Waals surface area contributed by atoms with E-state index in [1.165, 1.54) is 12.1 Å². The van der Waals surface area contributed by atoms with Gasteiger partial charge in [-0.15, -0.1) is 0 Å². The van der Waals surface area contributed by atoms with Crippen molar-refractivity contribution in [1.29, 1.82) is 0 Å². The van der Waals surface area contributed by atoms with Gasteiger partial charge in [0, 0.05) is 24.0 Å². The summed E-state index contributed by atoms with van der Waals surface area (Å²) in [4.78, 5) is 0. The summed E-state index contributed by atoms with van der Waals surface area (Å²) in [6.07, 6.45) is 3.23. The van der Waals surface area contributed by atoms with Crippen LogP contribution in [0.15, 0.2) is 18.2 Å². The molecule has 2 nitrogen and oxygen atoms in total. The largest absolute Gasteiger partial charge is 0.326 e. The van der Waals surface area contributed by atoms with Gasteiger partial charge in [-0.05, 0) is 36.6 Å². The SMILES string of the molecule is CC(C)(CNC1CCCC1N)c1cc(F)ccc1F. The lowest BCUT2D eigenvalue weighted by Crippen LogP contribution is -2.46. The van der Waals surface area contributed by atoms with E-state index in [0.717, 1.165) is 25.3 Å². The van der Waals surface area contributed by atoms with Crippen molar-refractivity contribution in [1.82, 2.24) is 5.32 Å². The van der Waals surface area contributed by atoms with Gasteiger partial charge in [0.05, 0.1) is 0 Å². The molecule has 2 rings (SSSR count). The van der Waals surface area contributed by atoms with E-state index in [1.54, 1.807) is 0 Å². The predicted octanol–water partition coefficient (Wildman–Crippen LogP) is 2.71. The van der Waals surface area contributed by atoms with Gasteiger partial charge in [-0.2, -0.15) is 0 Å². The minimum absolute atomic E-state index is 0.174. The fourth-order valence-corrected chi connectivity index (χ4v) is 2.74. The molecule has 0 heterocycles. The number of hydrogen-bond donors (Lipinski definition) is 2. The lowest BCUT2D eigenvalue weighted by atomic mass is 9.83. The molecule has 4 heteroatoms. The summed E-state index contributed by atoms with van der Waals surface area (Å²) < 4.78 is 27.1. The van der Waals surface area contributed by atoms with Crippen molar-refractivity contribution in [2.75, 3.05) is 6.54 Å². The van der Waals surface area contributed by atoms with Gasteiger partial charge in [-0.25, -0.2) is 8.78 Å². The normalized spacial score (nSPS) is 23.8. The molecule has 1 aromatic carbocycles. The summed E-state index contributed by atoms with van der Waals surface area (Å²) in [6, 6.07) is 4.08. The number of hydrogen-bond acceptors (Lipinski definition) is 2. The fraction of sp³-hybridized carbons (Fsp3) is 0.600. The molecule has 0 aromatic heterocycles. The minimum atomic E-state index is -0.464. The van der Waals surface area contributed by atoms with Crippen LogP contribution >= 0.6 is 0 Å². The van der Waals surface area contributed by atoms with Gasteiger partial charge in [0.25, 0.3) is 0 Å².